The van der Waals surface area contributed by atoms with Crippen molar-refractivity contribution in [2.24, 2.45) is 0 Å². The van der Waals surface area contributed by atoms with Gasteiger partial charge < -0.3 is 10.2 Å². The van der Waals surface area contributed by atoms with Crippen molar-refractivity contribution in [1.29, 1.82) is 0 Å². The first-order valence-corrected chi connectivity index (χ1v) is 7.73. The van der Waals surface area contributed by atoms with Crippen molar-refractivity contribution in [2.75, 3.05) is 57.8 Å². The summed E-state index contributed by atoms with van der Waals surface area (Å²) in [5, 5.41) is 3.37. The normalized spacial score (nSPS) is 21.8. The van der Waals surface area contributed by atoms with Gasteiger partial charge in [-0.3, -0.25) is 14.6 Å². The maximum atomic E-state index is 12.2. The molecule has 1 amide bonds. The lowest BCUT2D eigenvalue weighted by Crippen LogP contribution is -2.49. The largest absolute Gasteiger partial charge is 0.314 e. The highest BCUT2D eigenvalue weighted by molar-refractivity contribution is 5.95. The van der Waals surface area contributed by atoms with Gasteiger partial charge in [0.2, 0.25) is 5.91 Å². The molecule has 1 N–H and O–H groups in total. The van der Waals surface area contributed by atoms with Gasteiger partial charge in [0.05, 0.1) is 6.54 Å². The van der Waals surface area contributed by atoms with Crippen molar-refractivity contribution in [3.63, 3.8) is 0 Å². The Kier molecular flexibility index (Phi) is 4.53. The minimum Gasteiger partial charge on any atom is -0.314 e. The number of piperazine rings is 2. The molecule has 0 atom stereocenters. The molecular formula is C16H24N4O. The van der Waals surface area contributed by atoms with E-state index in [1.54, 1.807) is 0 Å². The zero-order chi connectivity index (χ0) is 14.7. The lowest BCUT2D eigenvalue weighted by atomic mass is 10.1. The molecule has 0 aromatic heterocycles. The van der Waals surface area contributed by atoms with Gasteiger partial charge in [0.25, 0.3) is 0 Å². The van der Waals surface area contributed by atoms with Crippen LogP contribution in [0.15, 0.2) is 24.3 Å². The fourth-order valence-electron chi connectivity index (χ4n) is 3.01. The van der Waals surface area contributed by atoms with Gasteiger partial charge in [-0.05, 0) is 24.7 Å². The number of carbonyl (C=O) groups excluding carboxylic acids is 1. The molecule has 0 bridgehead atoms. The van der Waals surface area contributed by atoms with E-state index in [2.05, 4.69) is 33.3 Å². The monoisotopic (exact) mass is 288 g/mol. The fourth-order valence-corrected chi connectivity index (χ4v) is 3.01. The number of carbonyl (C=O) groups is 1. The Morgan fingerprint density at radius 3 is 2.71 bits per heavy atom. The maximum Gasteiger partial charge on any atom is 0.241 e. The van der Waals surface area contributed by atoms with Crippen LogP contribution in [0.25, 0.3) is 0 Å². The number of benzene rings is 1. The van der Waals surface area contributed by atoms with Crippen LogP contribution in [-0.2, 0) is 11.3 Å². The van der Waals surface area contributed by atoms with Crippen molar-refractivity contribution in [2.45, 2.75) is 6.54 Å². The van der Waals surface area contributed by atoms with Gasteiger partial charge >= 0.3 is 0 Å². The molecule has 2 heterocycles. The van der Waals surface area contributed by atoms with Crippen LogP contribution in [-0.4, -0.2) is 68.6 Å². The molecule has 5 nitrogen and oxygen atoms in total. The Morgan fingerprint density at radius 1 is 1.14 bits per heavy atom. The molecular weight excluding hydrogens is 264 g/mol. The molecule has 0 spiro atoms. The summed E-state index contributed by atoms with van der Waals surface area (Å²) in [4.78, 5) is 18.6. The van der Waals surface area contributed by atoms with Crippen molar-refractivity contribution in [3.05, 3.63) is 29.8 Å². The Bertz CT molecular complexity index is 499. The number of hydrogen-bond acceptors (Lipinski definition) is 4. The van der Waals surface area contributed by atoms with Gasteiger partial charge in [0, 0.05) is 51.5 Å². The predicted molar refractivity (Wildman–Crippen MR) is 84.4 cm³/mol. The van der Waals surface area contributed by atoms with Crippen molar-refractivity contribution in [3.8, 4) is 0 Å². The van der Waals surface area contributed by atoms with E-state index in [-0.39, 0.29) is 5.91 Å². The van der Waals surface area contributed by atoms with Gasteiger partial charge in [-0.2, -0.15) is 0 Å². The fraction of sp³-hybridized carbons (Fsp3) is 0.562. The van der Waals surface area contributed by atoms with Gasteiger partial charge in [0.1, 0.15) is 0 Å². The minimum absolute atomic E-state index is 0.197. The van der Waals surface area contributed by atoms with Crippen LogP contribution >= 0.6 is 0 Å². The maximum absolute atomic E-state index is 12.2. The topological polar surface area (TPSA) is 38.8 Å². The summed E-state index contributed by atoms with van der Waals surface area (Å²) in [7, 11) is 2.00. The van der Waals surface area contributed by atoms with Crippen molar-refractivity contribution < 1.29 is 4.79 Å². The van der Waals surface area contributed by atoms with E-state index >= 15 is 0 Å². The van der Waals surface area contributed by atoms with E-state index in [0.29, 0.717) is 6.54 Å². The third-order valence-corrected chi connectivity index (χ3v) is 4.25. The Hall–Kier alpha value is -1.43. The van der Waals surface area contributed by atoms with E-state index < -0.39 is 0 Å². The number of amides is 1. The number of nitrogens with one attached hydrogen (secondary N) is 1. The zero-order valence-electron chi connectivity index (χ0n) is 12.7. The Labute approximate surface area is 126 Å². The molecule has 5 heteroatoms. The van der Waals surface area contributed by atoms with Crippen molar-refractivity contribution in [1.82, 2.24) is 15.1 Å². The second-order valence-electron chi connectivity index (χ2n) is 5.98. The van der Waals surface area contributed by atoms with Crippen LogP contribution in [0.3, 0.4) is 0 Å². The second kappa shape index (κ2) is 6.56. The summed E-state index contributed by atoms with van der Waals surface area (Å²) >= 11 is 0. The van der Waals surface area contributed by atoms with Gasteiger partial charge in [-0.15, -0.1) is 0 Å². The lowest BCUT2D eigenvalue weighted by Gasteiger charge is -2.32. The molecule has 1 aromatic rings. The smallest absolute Gasteiger partial charge is 0.241 e. The molecule has 114 valence electrons. The zero-order valence-corrected chi connectivity index (χ0v) is 12.7. The van der Waals surface area contributed by atoms with Crippen LogP contribution in [0.5, 0.6) is 0 Å². The molecule has 21 heavy (non-hydrogen) atoms. The van der Waals surface area contributed by atoms with Gasteiger partial charge in [-0.1, -0.05) is 12.1 Å². The van der Waals surface area contributed by atoms with Crippen LogP contribution in [0.2, 0.25) is 0 Å². The number of hydrogen-bond donors (Lipinski definition) is 1. The first kappa shape index (κ1) is 14.5. The first-order valence-electron chi connectivity index (χ1n) is 7.73. The first-order chi connectivity index (χ1) is 10.2. The van der Waals surface area contributed by atoms with E-state index in [1.807, 2.05) is 18.0 Å². The minimum atomic E-state index is 0.197. The van der Waals surface area contributed by atoms with Gasteiger partial charge in [0.15, 0.2) is 0 Å². The summed E-state index contributed by atoms with van der Waals surface area (Å²) in [5.41, 5.74) is 2.34. The molecule has 2 saturated heterocycles. The van der Waals surface area contributed by atoms with Crippen LogP contribution in [0, 0.1) is 0 Å². The Morgan fingerprint density at radius 2 is 1.95 bits per heavy atom. The molecule has 3 rings (SSSR count). The highest BCUT2D eigenvalue weighted by Crippen LogP contribution is 2.19. The summed E-state index contributed by atoms with van der Waals surface area (Å²) in [6.45, 7) is 7.53. The van der Waals surface area contributed by atoms with Crippen LogP contribution in [0.4, 0.5) is 5.69 Å². The Balaban J connectivity index is 1.69. The third-order valence-electron chi connectivity index (χ3n) is 4.25. The number of nitrogens with zero attached hydrogens (tertiary/aromatic N) is 3. The summed E-state index contributed by atoms with van der Waals surface area (Å²) in [6.07, 6.45) is 0. The molecule has 0 radical (unpaired) electrons. The van der Waals surface area contributed by atoms with Gasteiger partial charge in [-0.25, -0.2) is 0 Å². The van der Waals surface area contributed by atoms with E-state index in [0.717, 1.165) is 51.5 Å². The summed E-state index contributed by atoms with van der Waals surface area (Å²) < 4.78 is 0. The standard InChI is InChI=1S/C16H24N4O/c1-18-9-10-20(16(21)13-18)15-4-2-3-14(11-15)12-19-7-5-17-6-8-19/h2-4,11,17H,5-10,12-13H2,1H3. The quantitative estimate of drug-likeness (QED) is 0.872. The summed E-state index contributed by atoms with van der Waals surface area (Å²) in [5.74, 6) is 0.197. The van der Waals surface area contributed by atoms with E-state index in [1.165, 1.54) is 5.56 Å². The molecule has 2 fully saturated rings. The molecule has 0 unspecified atom stereocenters. The van der Waals surface area contributed by atoms with Crippen LogP contribution in [0.1, 0.15) is 5.56 Å². The predicted octanol–water partition coefficient (Wildman–Crippen LogP) is 0.370. The molecule has 2 aliphatic heterocycles. The average Bonchev–Trinajstić information content (AvgIpc) is 2.48. The van der Waals surface area contributed by atoms with E-state index in [4.69, 9.17) is 0 Å². The number of rotatable bonds is 3. The molecule has 0 saturated carbocycles. The van der Waals surface area contributed by atoms with Crippen LogP contribution < -0.4 is 10.2 Å². The number of anilines is 1. The highest BCUT2D eigenvalue weighted by atomic mass is 16.2. The summed E-state index contributed by atoms with van der Waals surface area (Å²) in [6, 6.07) is 8.44. The molecule has 2 aliphatic rings. The van der Waals surface area contributed by atoms with Crippen molar-refractivity contribution >= 4 is 11.6 Å². The lowest BCUT2D eigenvalue weighted by molar-refractivity contribution is -0.120. The average molecular weight is 288 g/mol. The second-order valence-corrected chi connectivity index (χ2v) is 5.98. The molecule has 1 aromatic carbocycles. The SMILES string of the molecule is CN1CCN(c2cccc(CN3CCNCC3)c2)C(=O)C1. The van der Waals surface area contributed by atoms with E-state index in [9.17, 15) is 4.79 Å². The molecule has 0 aliphatic carbocycles. The number of likely N-dealkylation sites (N-methyl/N-ethyl adjacent to an activating group) is 1. The highest BCUT2D eigenvalue weighted by Gasteiger charge is 2.23. The third kappa shape index (κ3) is 3.61.